The van der Waals surface area contributed by atoms with E-state index in [1.165, 1.54) is 24.6 Å². The minimum Gasteiger partial charge on any atom is -0.445 e. The van der Waals surface area contributed by atoms with Crippen LogP contribution in [0.15, 0.2) is 88.6 Å². The summed E-state index contributed by atoms with van der Waals surface area (Å²) in [5.74, 6) is -0.657. The van der Waals surface area contributed by atoms with Gasteiger partial charge in [-0.25, -0.2) is 22.8 Å². The maximum atomic E-state index is 13.7. The molecule has 0 radical (unpaired) electrons. The number of benzene rings is 2. The van der Waals surface area contributed by atoms with Crippen LogP contribution >= 0.6 is 11.6 Å². The molecule has 6 nitrogen and oxygen atoms in total. The summed E-state index contributed by atoms with van der Waals surface area (Å²) >= 11 is 6.20. The Morgan fingerprint density at radius 1 is 0.941 bits per heavy atom. The predicted octanol–water partition coefficient (Wildman–Crippen LogP) is 6.46. The standard InChI is InChI=1S/C25H17ClFN3O3S/c1-15-7-8-19(27)11-23(15)34(31,32)30-22-10-18(13-28-24(22)26)21-14-33-25-20(21)9-17(12-29-25)16-5-3-2-4-6-16/h2-14,30H,1H3. The van der Waals surface area contributed by atoms with Gasteiger partial charge in [0.15, 0.2) is 5.15 Å². The number of rotatable bonds is 5. The number of hydrogen-bond acceptors (Lipinski definition) is 5. The molecule has 0 fully saturated rings. The molecule has 3 aromatic heterocycles. The smallest absolute Gasteiger partial charge is 0.262 e. The monoisotopic (exact) mass is 493 g/mol. The second kappa shape index (κ2) is 8.55. The lowest BCUT2D eigenvalue weighted by atomic mass is 10.0. The van der Waals surface area contributed by atoms with E-state index in [2.05, 4.69) is 14.7 Å². The van der Waals surface area contributed by atoms with E-state index in [1.807, 2.05) is 36.4 Å². The van der Waals surface area contributed by atoms with Crippen molar-refractivity contribution in [3.63, 3.8) is 0 Å². The average molecular weight is 494 g/mol. The highest BCUT2D eigenvalue weighted by Gasteiger charge is 2.21. The third kappa shape index (κ3) is 4.13. The predicted molar refractivity (Wildman–Crippen MR) is 130 cm³/mol. The molecule has 5 aromatic rings. The molecule has 5 rings (SSSR count). The molecule has 0 unspecified atom stereocenters. The van der Waals surface area contributed by atoms with Crippen LogP contribution in [0.1, 0.15) is 5.56 Å². The fourth-order valence-corrected chi connectivity index (χ4v) is 5.18. The summed E-state index contributed by atoms with van der Waals surface area (Å²) in [6, 6.07) is 16.8. The summed E-state index contributed by atoms with van der Waals surface area (Å²) in [7, 11) is -4.11. The Bertz CT molecular complexity index is 1640. The second-order valence-corrected chi connectivity index (χ2v) is 9.68. The lowest BCUT2D eigenvalue weighted by Gasteiger charge is -2.12. The van der Waals surface area contributed by atoms with Crippen molar-refractivity contribution in [1.82, 2.24) is 9.97 Å². The summed E-state index contributed by atoms with van der Waals surface area (Å²) < 4.78 is 47.6. The molecule has 0 bridgehead atoms. The lowest BCUT2D eigenvalue weighted by molar-refractivity contribution is 0.594. The number of anilines is 1. The highest BCUT2D eigenvalue weighted by atomic mass is 35.5. The molecule has 0 aliphatic heterocycles. The first-order chi connectivity index (χ1) is 16.3. The Morgan fingerprint density at radius 3 is 2.50 bits per heavy atom. The zero-order chi connectivity index (χ0) is 23.9. The Kier molecular flexibility index (Phi) is 5.55. The van der Waals surface area contributed by atoms with E-state index in [1.54, 1.807) is 19.2 Å². The van der Waals surface area contributed by atoms with Gasteiger partial charge in [0.05, 0.1) is 10.6 Å². The first kappa shape index (κ1) is 22.1. The molecule has 0 saturated heterocycles. The van der Waals surface area contributed by atoms with Gasteiger partial charge in [-0.15, -0.1) is 0 Å². The topological polar surface area (TPSA) is 85.1 Å². The first-order valence-corrected chi connectivity index (χ1v) is 12.1. The Balaban J connectivity index is 1.56. The van der Waals surface area contributed by atoms with Crippen LogP contribution in [0.2, 0.25) is 5.15 Å². The normalized spacial score (nSPS) is 11.6. The third-order valence-electron chi connectivity index (χ3n) is 5.37. The van der Waals surface area contributed by atoms with Crippen LogP contribution in [-0.4, -0.2) is 18.4 Å². The van der Waals surface area contributed by atoms with Crippen molar-refractivity contribution in [2.24, 2.45) is 0 Å². The minimum atomic E-state index is -4.11. The average Bonchev–Trinajstić information content (AvgIpc) is 3.26. The van der Waals surface area contributed by atoms with E-state index in [-0.39, 0.29) is 15.7 Å². The molecule has 0 spiro atoms. The van der Waals surface area contributed by atoms with Crippen LogP contribution in [0.4, 0.5) is 10.1 Å². The molecular formula is C25H17ClFN3O3S. The van der Waals surface area contributed by atoms with E-state index in [0.29, 0.717) is 22.4 Å². The zero-order valence-electron chi connectivity index (χ0n) is 17.8. The van der Waals surface area contributed by atoms with Crippen LogP contribution in [-0.2, 0) is 10.0 Å². The van der Waals surface area contributed by atoms with E-state index in [9.17, 15) is 12.8 Å². The molecule has 34 heavy (non-hydrogen) atoms. The molecule has 0 saturated carbocycles. The Labute approximate surface area is 200 Å². The molecule has 0 aliphatic carbocycles. The van der Waals surface area contributed by atoms with Gasteiger partial charge >= 0.3 is 0 Å². The second-order valence-electron chi connectivity index (χ2n) is 7.67. The summed E-state index contributed by atoms with van der Waals surface area (Å²) in [6.45, 7) is 1.58. The number of fused-ring (bicyclic) bond motifs is 1. The molecule has 3 heterocycles. The SMILES string of the molecule is Cc1ccc(F)cc1S(=O)(=O)Nc1cc(-c2coc3ncc(-c4ccccc4)cc23)cnc1Cl. The van der Waals surface area contributed by atoms with Crippen molar-refractivity contribution in [1.29, 1.82) is 0 Å². The fourth-order valence-electron chi connectivity index (χ4n) is 3.66. The van der Waals surface area contributed by atoms with Crippen molar-refractivity contribution in [2.45, 2.75) is 11.8 Å². The molecular weight excluding hydrogens is 477 g/mol. The molecule has 0 aliphatic rings. The van der Waals surface area contributed by atoms with Crippen molar-refractivity contribution >= 4 is 38.4 Å². The first-order valence-electron chi connectivity index (χ1n) is 10.2. The summed E-state index contributed by atoms with van der Waals surface area (Å²) in [5.41, 5.74) is 4.04. The van der Waals surface area contributed by atoms with Gasteiger partial charge in [-0.05, 0) is 42.3 Å². The van der Waals surface area contributed by atoms with Crippen LogP contribution < -0.4 is 4.72 Å². The van der Waals surface area contributed by atoms with Crippen molar-refractivity contribution < 1.29 is 17.2 Å². The van der Waals surface area contributed by atoms with Crippen molar-refractivity contribution in [2.75, 3.05) is 4.72 Å². The zero-order valence-corrected chi connectivity index (χ0v) is 19.4. The van der Waals surface area contributed by atoms with Crippen LogP contribution in [0.25, 0.3) is 33.4 Å². The molecule has 0 atom stereocenters. The molecule has 2 aromatic carbocycles. The Morgan fingerprint density at radius 2 is 1.71 bits per heavy atom. The lowest BCUT2D eigenvalue weighted by Crippen LogP contribution is -2.15. The molecule has 0 amide bonds. The van der Waals surface area contributed by atoms with E-state index in [0.717, 1.165) is 22.6 Å². The number of hydrogen-bond donors (Lipinski definition) is 1. The maximum absolute atomic E-state index is 13.7. The van der Waals surface area contributed by atoms with Gasteiger partial charge in [0.2, 0.25) is 5.71 Å². The summed E-state index contributed by atoms with van der Waals surface area (Å²) in [6.07, 6.45) is 4.78. The molecule has 1 N–H and O–H groups in total. The number of sulfonamides is 1. The number of pyridine rings is 2. The number of aryl methyl sites for hydroxylation is 1. The van der Waals surface area contributed by atoms with Crippen LogP contribution in [0, 0.1) is 12.7 Å². The fraction of sp³-hybridized carbons (Fsp3) is 0.0400. The summed E-state index contributed by atoms with van der Waals surface area (Å²) in [4.78, 5) is 8.36. The highest BCUT2D eigenvalue weighted by molar-refractivity contribution is 7.92. The van der Waals surface area contributed by atoms with Gasteiger partial charge < -0.3 is 4.42 Å². The van der Waals surface area contributed by atoms with Gasteiger partial charge in [0.1, 0.15) is 12.1 Å². The molecule has 170 valence electrons. The van der Waals surface area contributed by atoms with E-state index in [4.69, 9.17) is 16.0 Å². The van der Waals surface area contributed by atoms with Crippen LogP contribution in [0.3, 0.4) is 0 Å². The third-order valence-corrected chi connectivity index (χ3v) is 7.18. The van der Waals surface area contributed by atoms with Gasteiger partial charge in [-0.1, -0.05) is 48.0 Å². The molecule has 9 heteroatoms. The number of nitrogens with zero attached hydrogens (tertiary/aromatic N) is 2. The quantitative estimate of drug-likeness (QED) is 0.284. The Hall–Kier alpha value is -3.75. The number of furan rings is 1. The largest absolute Gasteiger partial charge is 0.445 e. The van der Waals surface area contributed by atoms with Crippen molar-refractivity contribution in [3.05, 3.63) is 95.9 Å². The van der Waals surface area contributed by atoms with Gasteiger partial charge in [0.25, 0.3) is 10.0 Å². The number of halogens is 2. The van der Waals surface area contributed by atoms with Crippen LogP contribution in [0.5, 0.6) is 0 Å². The maximum Gasteiger partial charge on any atom is 0.262 e. The highest BCUT2D eigenvalue weighted by Crippen LogP contribution is 2.35. The van der Waals surface area contributed by atoms with Crippen molar-refractivity contribution in [3.8, 4) is 22.3 Å². The number of aromatic nitrogens is 2. The number of nitrogens with one attached hydrogen (secondary N) is 1. The van der Waals surface area contributed by atoms with Gasteiger partial charge in [0, 0.05) is 34.5 Å². The van der Waals surface area contributed by atoms with Gasteiger partial charge in [-0.2, -0.15) is 0 Å². The van der Waals surface area contributed by atoms with E-state index < -0.39 is 15.8 Å². The summed E-state index contributed by atoms with van der Waals surface area (Å²) in [5, 5.41) is 0.692. The van der Waals surface area contributed by atoms with Gasteiger partial charge in [-0.3, -0.25) is 4.72 Å². The van der Waals surface area contributed by atoms with E-state index >= 15 is 0 Å². The minimum absolute atomic E-state index is 0.0442.